The molecule has 1 fully saturated rings. The Morgan fingerprint density at radius 2 is 2.00 bits per heavy atom. The van der Waals surface area contributed by atoms with Gasteiger partial charge in [-0.1, -0.05) is 30.3 Å². The lowest BCUT2D eigenvalue weighted by Gasteiger charge is -2.36. The maximum absolute atomic E-state index is 5.31. The van der Waals surface area contributed by atoms with Crippen LogP contribution in [0.2, 0.25) is 0 Å². The zero-order valence-electron chi connectivity index (χ0n) is 7.61. The zero-order valence-corrected chi connectivity index (χ0v) is 7.61. The molecule has 1 aromatic carbocycles. The van der Waals surface area contributed by atoms with Gasteiger partial charge in [0, 0.05) is 25.6 Å². The summed E-state index contributed by atoms with van der Waals surface area (Å²) in [5, 5.41) is 0. The molecule has 13 heavy (non-hydrogen) atoms. The standard InChI is InChI=1S/C12H13N/c1-2-11-8-13(9-11)10-12-6-4-3-5-7-12/h1,3-7,11H,8-10H2. The van der Waals surface area contributed by atoms with Crippen molar-refractivity contribution < 1.29 is 0 Å². The van der Waals surface area contributed by atoms with Gasteiger partial charge in [0.1, 0.15) is 0 Å². The van der Waals surface area contributed by atoms with Crippen molar-refractivity contribution in [1.29, 1.82) is 0 Å². The first-order valence-corrected chi connectivity index (χ1v) is 4.61. The van der Waals surface area contributed by atoms with E-state index in [1.807, 2.05) is 6.07 Å². The SMILES string of the molecule is C#CC1CN(Cc2ccccc2)C1. The van der Waals surface area contributed by atoms with Gasteiger partial charge in [0.25, 0.3) is 0 Å². The first-order chi connectivity index (χ1) is 6.38. The first kappa shape index (κ1) is 8.34. The van der Waals surface area contributed by atoms with Crippen molar-refractivity contribution in [2.45, 2.75) is 6.54 Å². The maximum Gasteiger partial charge on any atom is 0.0454 e. The van der Waals surface area contributed by atoms with Gasteiger partial charge in [-0.3, -0.25) is 4.90 Å². The Kier molecular flexibility index (Phi) is 2.33. The lowest BCUT2D eigenvalue weighted by atomic mass is 10.0. The third-order valence-corrected chi connectivity index (χ3v) is 2.44. The van der Waals surface area contributed by atoms with Gasteiger partial charge in [-0.05, 0) is 5.56 Å². The van der Waals surface area contributed by atoms with E-state index in [4.69, 9.17) is 6.42 Å². The molecular formula is C12H13N. The average Bonchev–Trinajstić information content (AvgIpc) is 2.12. The number of hydrogen-bond acceptors (Lipinski definition) is 1. The predicted molar refractivity (Wildman–Crippen MR) is 54.0 cm³/mol. The fraction of sp³-hybridized carbons (Fsp3) is 0.333. The van der Waals surface area contributed by atoms with E-state index in [-0.39, 0.29) is 0 Å². The molecule has 0 amide bonds. The van der Waals surface area contributed by atoms with Gasteiger partial charge in [-0.2, -0.15) is 0 Å². The molecule has 0 saturated carbocycles. The number of terminal acetylenes is 1. The van der Waals surface area contributed by atoms with Crippen molar-refractivity contribution in [2.24, 2.45) is 5.92 Å². The second-order valence-corrected chi connectivity index (χ2v) is 3.54. The van der Waals surface area contributed by atoms with Crippen molar-refractivity contribution in [3.05, 3.63) is 35.9 Å². The molecule has 0 aromatic heterocycles. The number of hydrogen-bond donors (Lipinski definition) is 0. The summed E-state index contributed by atoms with van der Waals surface area (Å²) in [5.74, 6) is 3.27. The topological polar surface area (TPSA) is 3.24 Å². The molecule has 0 radical (unpaired) electrons. The Labute approximate surface area is 79.4 Å². The number of benzene rings is 1. The Bertz CT molecular complexity index is 304. The summed E-state index contributed by atoms with van der Waals surface area (Å²) in [6.45, 7) is 3.16. The summed E-state index contributed by atoms with van der Waals surface area (Å²) < 4.78 is 0. The van der Waals surface area contributed by atoms with Crippen molar-refractivity contribution in [1.82, 2.24) is 4.90 Å². The molecule has 1 heterocycles. The molecule has 0 atom stereocenters. The molecule has 0 N–H and O–H groups in total. The monoisotopic (exact) mass is 171 g/mol. The summed E-state index contributed by atoms with van der Waals surface area (Å²) in [4.78, 5) is 2.37. The van der Waals surface area contributed by atoms with E-state index in [0.29, 0.717) is 5.92 Å². The lowest BCUT2D eigenvalue weighted by molar-refractivity contribution is 0.128. The molecule has 0 bridgehead atoms. The highest BCUT2D eigenvalue weighted by Crippen LogP contribution is 2.17. The Balaban J connectivity index is 1.85. The van der Waals surface area contributed by atoms with Gasteiger partial charge >= 0.3 is 0 Å². The van der Waals surface area contributed by atoms with Crippen molar-refractivity contribution in [3.63, 3.8) is 0 Å². The fourth-order valence-electron chi connectivity index (χ4n) is 1.65. The average molecular weight is 171 g/mol. The van der Waals surface area contributed by atoms with Gasteiger partial charge in [0.2, 0.25) is 0 Å². The minimum Gasteiger partial charge on any atom is -0.297 e. The van der Waals surface area contributed by atoms with Crippen LogP contribution in [0.3, 0.4) is 0 Å². The van der Waals surface area contributed by atoms with Crippen LogP contribution in [0.15, 0.2) is 30.3 Å². The molecule has 1 heteroatoms. The number of nitrogens with zero attached hydrogens (tertiary/aromatic N) is 1. The molecule has 0 unspecified atom stereocenters. The minimum atomic E-state index is 0.490. The number of rotatable bonds is 2. The predicted octanol–water partition coefficient (Wildman–Crippen LogP) is 1.75. The van der Waals surface area contributed by atoms with E-state index in [1.54, 1.807) is 0 Å². The molecule has 0 spiro atoms. The van der Waals surface area contributed by atoms with Crippen LogP contribution in [0.5, 0.6) is 0 Å². The zero-order chi connectivity index (χ0) is 9.10. The molecule has 1 aliphatic heterocycles. The van der Waals surface area contributed by atoms with Gasteiger partial charge in [-0.15, -0.1) is 12.3 Å². The molecule has 0 aliphatic carbocycles. The highest BCUT2D eigenvalue weighted by atomic mass is 15.2. The van der Waals surface area contributed by atoms with Crippen LogP contribution in [0.1, 0.15) is 5.56 Å². The summed E-state index contributed by atoms with van der Waals surface area (Å²) in [6.07, 6.45) is 5.31. The van der Waals surface area contributed by atoms with E-state index >= 15 is 0 Å². The normalized spacial score (nSPS) is 17.8. The van der Waals surface area contributed by atoms with E-state index in [1.165, 1.54) is 5.56 Å². The molecule has 1 aliphatic rings. The van der Waals surface area contributed by atoms with Crippen molar-refractivity contribution in [3.8, 4) is 12.3 Å². The van der Waals surface area contributed by atoms with Crippen LogP contribution in [-0.4, -0.2) is 18.0 Å². The Morgan fingerprint density at radius 3 is 2.62 bits per heavy atom. The Morgan fingerprint density at radius 1 is 1.31 bits per heavy atom. The summed E-state index contributed by atoms with van der Waals surface area (Å²) >= 11 is 0. The van der Waals surface area contributed by atoms with Gasteiger partial charge in [-0.25, -0.2) is 0 Å². The number of likely N-dealkylation sites (tertiary alicyclic amines) is 1. The second kappa shape index (κ2) is 3.64. The maximum atomic E-state index is 5.31. The molecule has 2 rings (SSSR count). The molecule has 1 aromatic rings. The van der Waals surface area contributed by atoms with Crippen molar-refractivity contribution >= 4 is 0 Å². The van der Waals surface area contributed by atoms with E-state index < -0.39 is 0 Å². The van der Waals surface area contributed by atoms with Crippen LogP contribution >= 0.6 is 0 Å². The smallest absolute Gasteiger partial charge is 0.0454 e. The van der Waals surface area contributed by atoms with E-state index in [0.717, 1.165) is 19.6 Å². The first-order valence-electron chi connectivity index (χ1n) is 4.61. The largest absolute Gasteiger partial charge is 0.297 e. The highest BCUT2D eigenvalue weighted by molar-refractivity contribution is 5.15. The van der Waals surface area contributed by atoms with Crippen molar-refractivity contribution in [2.75, 3.05) is 13.1 Å². The van der Waals surface area contributed by atoms with Gasteiger partial charge in [0.15, 0.2) is 0 Å². The van der Waals surface area contributed by atoms with Gasteiger partial charge < -0.3 is 0 Å². The van der Waals surface area contributed by atoms with Crippen LogP contribution in [-0.2, 0) is 6.54 Å². The van der Waals surface area contributed by atoms with E-state index in [9.17, 15) is 0 Å². The fourth-order valence-corrected chi connectivity index (χ4v) is 1.65. The highest BCUT2D eigenvalue weighted by Gasteiger charge is 2.23. The lowest BCUT2D eigenvalue weighted by Crippen LogP contribution is -2.45. The molecular weight excluding hydrogens is 158 g/mol. The Hall–Kier alpha value is -1.26. The van der Waals surface area contributed by atoms with Crippen LogP contribution in [0.25, 0.3) is 0 Å². The van der Waals surface area contributed by atoms with Crippen LogP contribution in [0.4, 0.5) is 0 Å². The third kappa shape index (κ3) is 1.91. The quantitative estimate of drug-likeness (QED) is 0.613. The molecule has 66 valence electrons. The molecule has 1 saturated heterocycles. The summed E-state index contributed by atoms with van der Waals surface area (Å²) in [6, 6.07) is 10.5. The summed E-state index contributed by atoms with van der Waals surface area (Å²) in [5.41, 5.74) is 1.37. The minimum absolute atomic E-state index is 0.490. The van der Waals surface area contributed by atoms with Crippen LogP contribution < -0.4 is 0 Å². The second-order valence-electron chi connectivity index (χ2n) is 3.54. The summed E-state index contributed by atoms with van der Waals surface area (Å²) in [7, 11) is 0. The molecule has 1 nitrogen and oxygen atoms in total. The van der Waals surface area contributed by atoms with Crippen LogP contribution in [0, 0.1) is 18.3 Å². The van der Waals surface area contributed by atoms with Gasteiger partial charge in [0.05, 0.1) is 0 Å². The van der Waals surface area contributed by atoms with E-state index in [2.05, 4.69) is 35.1 Å². The third-order valence-electron chi connectivity index (χ3n) is 2.44.